The first-order chi connectivity index (χ1) is 12.2. The third-order valence-corrected chi connectivity index (χ3v) is 5.58. The van der Waals surface area contributed by atoms with Crippen LogP contribution in [0.5, 0.6) is 0 Å². The minimum absolute atomic E-state index is 0.136. The van der Waals surface area contributed by atoms with Crippen LogP contribution < -0.4 is 10.2 Å². The van der Waals surface area contributed by atoms with Crippen LogP contribution in [-0.4, -0.2) is 57.4 Å². The smallest absolute Gasteiger partial charge is 0.123 e. The molecule has 0 spiro atoms. The number of hydrogen-bond acceptors (Lipinski definition) is 4. The van der Waals surface area contributed by atoms with E-state index >= 15 is 0 Å². The summed E-state index contributed by atoms with van der Waals surface area (Å²) in [5.41, 5.74) is 2.25. The van der Waals surface area contributed by atoms with Gasteiger partial charge in [-0.05, 0) is 56.0 Å². The Bertz CT molecular complexity index is 540. The molecule has 0 aliphatic carbocycles. The lowest BCUT2D eigenvalue weighted by Crippen LogP contribution is -2.46. The Labute approximate surface area is 151 Å². The van der Waals surface area contributed by atoms with Crippen molar-refractivity contribution in [1.82, 2.24) is 10.2 Å². The fourth-order valence-electron chi connectivity index (χ4n) is 3.89. The lowest BCUT2D eigenvalue weighted by molar-refractivity contribution is 0.0540. The number of rotatable bonds is 6. The van der Waals surface area contributed by atoms with Gasteiger partial charge in [0.05, 0.1) is 6.61 Å². The molecule has 1 N–H and O–H groups in total. The second-order valence-corrected chi connectivity index (χ2v) is 7.34. The number of hydrogen-bond donors (Lipinski definition) is 1. The highest BCUT2D eigenvalue weighted by Gasteiger charge is 2.22. The molecule has 0 amide bonds. The third kappa shape index (κ3) is 4.93. The molecule has 140 valence electrons. The van der Waals surface area contributed by atoms with Crippen LogP contribution in [0.2, 0.25) is 0 Å². The van der Waals surface area contributed by atoms with E-state index in [1.54, 1.807) is 12.1 Å². The zero-order chi connectivity index (χ0) is 17.6. The van der Waals surface area contributed by atoms with E-state index in [2.05, 4.69) is 29.0 Å². The molecule has 25 heavy (non-hydrogen) atoms. The van der Waals surface area contributed by atoms with Crippen molar-refractivity contribution in [3.63, 3.8) is 0 Å². The molecule has 2 atom stereocenters. The number of ether oxygens (including phenoxy) is 1. The molecule has 0 aromatic heterocycles. The number of anilines is 1. The number of nitrogens with zero attached hydrogens (tertiary/aromatic N) is 2. The number of halogens is 1. The average Bonchev–Trinajstić information content (AvgIpc) is 2.67. The van der Waals surface area contributed by atoms with Gasteiger partial charge in [-0.25, -0.2) is 4.39 Å². The second-order valence-electron chi connectivity index (χ2n) is 7.34. The van der Waals surface area contributed by atoms with Crippen molar-refractivity contribution < 1.29 is 9.13 Å². The molecule has 0 unspecified atom stereocenters. The first-order valence-corrected chi connectivity index (χ1v) is 9.75. The molecule has 3 rings (SSSR count). The molecule has 2 aliphatic heterocycles. The molecule has 1 aromatic carbocycles. The van der Waals surface area contributed by atoms with Crippen molar-refractivity contribution in [2.24, 2.45) is 5.92 Å². The highest BCUT2D eigenvalue weighted by molar-refractivity contribution is 5.55. The van der Waals surface area contributed by atoms with Crippen LogP contribution in [0, 0.1) is 11.7 Å². The quantitative estimate of drug-likeness (QED) is 0.854. The van der Waals surface area contributed by atoms with E-state index in [1.165, 1.54) is 12.1 Å². The zero-order valence-electron chi connectivity index (χ0n) is 15.6. The fourth-order valence-corrected chi connectivity index (χ4v) is 3.89. The van der Waals surface area contributed by atoms with E-state index in [0.717, 1.165) is 64.5 Å². The minimum atomic E-state index is -0.152. The maximum absolute atomic E-state index is 13.9. The molecule has 1 aromatic rings. The van der Waals surface area contributed by atoms with Gasteiger partial charge < -0.3 is 19.9 Å². The van der Waals surface area contributed by atoms with Crippen LogP contribution in [0.3, 0.4) is 0 Å². The topological polar surface area (TPSA) is 27.7 Å². The van der Waals surface area contributed by atoms with Gasteiger partial charge in [-0.1, -0.05) is 6.92 Å². The van der Waals surface area contributed by atoms with Crippen LogP contribution in [0.4, 0.5) is 10.1 Å². The van der Waals surface area contributed by atoms with Crippen LogP contribution in [0.15, 0.2) is 18.2 Å². The van der Waals surface area contributed by atoms with Crippen molar-refractivity contribution in [3.8, 4) is 0 Å². The normalized spacial score (nSPS) is 23.6. The Morgan fingerprint density at radius 2 is 2.08 bits per heavy atom. The van der Waals surface area contributed by atoms with Gasteiger partial charge in [-0.15, -0.1) is 0 Å². The van der Waals surface area contributed by atoms with Crippen molar-refractivity contribution in [3.05, 3.63) is 29.6 Å². The highest BCUT2D eigenvalue weighted by atomic mass is 19.1. The predicted octanol–water partition coefficient (Wildman–Crippen LogP) is 3.04. The van der Waals surface area contributed by atoms with E-state index in [4.69, 9.17) is 4.74 Å². The summed E-state index contributed by atoms with van der Waals surface area (Å²) in [4.78, 5) is 4.87. The van der Waals surface area contributed by atoms with Gasteiger partial charge in [0.2, 0.25) is 0 Å². The Balaban J connectivity index is 1.65. The van der Waals surface area contributed by atoms with Crippen molar-refractivity contribution >= 4 is 5.69 Å². The largest absolute Gasteiger partial charge is 0.381 e. The lowest BCUT2D eigenvalue weighted by Gasteiger charge is -2.37. The summed E-state index contributed by atoms with van der Waals surface area (Å²) in [6, 6.07) is 5.38. The van der Waals surface area contributed by atoms with Gasteiger partial charge in [0.15, 0.2) is 0 Å². The van der Waals surface area contributed by atoms with Gasteiger partial charge in [0.25, 0.3) is 0 Å². The Morgan fingerprint density at radius 3 is 2.76 bits per heavy atom. The number of likely N-dealkylation sites (N-methyl/N-ethyl adjacent to an activating group) is 1. The standard InChI is InChI=1S/C20H32FN3O/c1-3-23-8-10-24(11-9-23)20-7-6-18(21)13-19(20)16(2)22-14-17-5-4-12-25-15-17/h6-7,13,16-17,22H,3-5,8-12,14-15H2,1-2H3/t16-,17+/m0/s1. The van der Waals surface area contributed by atoms with Crippen LogP contribution >= 0.6 is 0 Å². The average molecular weight is 349 g/mol. The summed E-state index contributed by atoms with van der Waals surface area (Å²) < 4.78 is 19.5. The van der Waals surface area contributed by atoms with E-state index in [1.807, 2.05) is 6.07 Å². The summed E-state index contributed by atoms with van der Waals surface area (Å²) in [5.74, 6) is 0.418. The summed E-state index contributed by atoms with van der Waals surface area (Å²) in [6.07, 6.45) is 2.36. The first-order valence-electron chi connectivity index (χ1n) is 9.75. The highest BCUT2D eigenvalue weighted by Crippen LogP contribution is 2.28. The second kappa shape index (κ2) is 8.97. The fraction of sp³-hybridized carbons (Fsp3) is 0.700. The lowest BCUT2D eigenvalue weighted by atomic mass is 10.00. The minimum Gasteiger partial charge on any atom is -0.381 e. The number of benzene rings is 1. The number of piperazine rings is 1. The zero-order valence-corrected chi connectivity index (χ0v) is 15.6. The van der Waals surface area contributed by atoms with Gasteiger partial charge in [0.1, 0.15) is 5.82 Å². The maximum Gasteiger partial charge on any atom is 0.123 e. The molecule has 2 heterocycles. The van der Waals surface area contributed by atoms with E-state index in [9.17, 15) is 4.39 Å². The maximum atomic E-state index is 13.9. The molecule has 0 saturated carbocycles. The van der Waals surface area contributed by atoms with E-state index in [-0.39, 0.29) is 11.9 Å². The SMILES string of the molecule is CCN1CCN(c2ccc(F)cc2[C@H](C)NC[C@H]2CCCOC2)CC1. The van der Waals surface area contributed by atoms with Crippen LogP contribution in [0.1, 0.15) is 38.3 Å². The predicted molar refractivity (Wildman–Crippen MR) is 101 cm³/mol. The van der Waals surface area contributed by atoms with Gasteiger partial charge in [-0.2, -0.15) is 0 Å². The van der Waals surface area contributed by atoms with Gasteiger partial charge in [0, 0.05) is 51.1 Å². The molecular weight excluding hydrogens is 317 g/mol. The van der Waals surface area contributed by atoms with Crippen LogP contribution in [-0.2, 0) is 4.74 Å². The van der Waals surface area contributed by atoms with Crippen LogP contribution in [0.25, 0.3) is 0 Å². The summed E-state index contributed by atoms with van der Waals surface area (Å²) in [7, 11) is 0. The van der Waals surface area contributed by atoms with E-state index in [0.29, 0.717) is 5.92 Å². The monoisotopic (exact) mass is 349 g/mol. The molecule has 2 aliphatic rings. The molecule has 2 saturated heterocycles. The van der Waals surface area contributed by atoms with Gasteiger partial charge in [-0.3, -0.25) is 0 Å². The summed E-state index contributed by atoms with van der Waals surface area (Å²) >= 11 is 0. The summed E-state index contributed by atoms with van der Waals surface area (Å²) in [5, 5.41) is 3.61. The Kier molecular flexibility index (Phi) is 6.68. The van der Waals surface area contributed by atoms with Crippen molar-refractivity contribution in [2.75, 3.05) is 57.4 Å². The molecule has 5 heteroatoms. The van der Waals surface area contributed by atoms with E-state index < -0.39 is 0 Å². The molecule has 4 nitrogen and oxygen atoms in total. The molecular formula is C20H32FN3O. The van der Waals surface area contributed by atoms with Crippen molar-refractivity contribution in [1.29, 1.82) is 0 Å². The Morgan fingerprint density at radius 1 is 1.28 bits per heavy atom. The molecule has 0 bridgehead atoms. The Hall–Kier alpha value is -1.17. The number of nitrogens with one attached hydrogen (secondary N) is 1. The molecule has 0 radical (unpaired) electrons. The van der Waals surface area contributed by atoms with Crippen molar-refractivity contribution in [2.45, 2.75) is 32.7 Å². The third-order valence-electron chi connectivity index (χ3n) is 5.58. The molecule has 2 fully saturated rings. The van der Waals surface area contributed by atoms with Gasteiger partial charge >= 0.3 is 0 Å². The summed E-state index contributed by atoms with van der Waals surface area (Å²) in [6.45, 7) is 12.3. The first kappa shape index (κ1) is 18.6.